The molecule has 0 aliphatic heterocycles. The van der Waals surface area contributed by atoms with Crippen LogP contribution in [0.1, 0.15) is 12.3 Å². The minimum absolute atomic E-state index is 0.710. The molecule has 0 bridgehead atoms. The summed E-state index contributed by atoms with van der Waals surface area (Å²) in [5, 5.41) is 3.10. The molecule has 0 saturated carbocycles. The van der Waals surface area contributed by atoms with E-state index in [-0.39, 0.29) is 0 Å². The van der Waals surface area contributed by atoms with E-state index in [2.05, 4.69) is 10.3 Å². The summed E-state index contributed by atoms with van der Waals surface area (Å²) in [4.78, 5) is 4.30. The van der Waals surface area contributed by atoms with Crippen molar-refractivity contribution in [1.29, 1.82) is 0 Å². The largest absolute Gasteiger partial charge is 0.497 e. The molecule has 5 nitrogen and oxygen atoms in total. The van der Waals surface area contributed by atoms with E-state index in [4.69, 9.17) is 13.9 Å². The molecule has 0 aliphatic rings. The lowest BCUT2D eigenvalue weighted by molar-refractivity contribution is 0.394. The number of rotatable bonds is 7. The van der Waals surface area contributed by atoms with Gasteiger partial charge in [-0.2, -0.15) is 0 Å². The second-order valence-electron chi connectivity index (χ2n) is 4.39. The summed E-state index contributed by atoms with van der Waals surface area (Å²) in [6.07, 6.45) is 3.55. The predicted molar refractivity (Wildman–Crippen MR) is 77.3 cm³/mol. The standard InChI is InChI=1S/C15H20N2O3/c1-16-8-4-5-15-17-10-14(20-15)12-7-6-11(18-2)9-13(12)19-3/h6-7,9-10,16H,4-5,8H2,1-3H3. The Balaban J connectivity index is 2.18. The maximum absolute atomic E-state index is 5.77. The summed E-state index contributed by atoms with van der Waals surface area (Å²) >= 11 is 0. The van der Waals surface area contributed by atoms with Gasteiger partial charge in [0, 0.05) is 12.5 Å². The highest BCUT2D eigenvalue weighted by atomic mass is 16.5. The molecular weight excluding hydrogens is 256 g/mol. The molecule has 1 aromatic heterocycles. The van der Waals surface area contributed by atoms with Crippen LogP contribution < -0.4 is 14.8 Å². The van der Waals surface area contributed by atoms with Crippen molar-refractivity contribution in [2.24, 2.45) is 0 Å². The fourth-order valence-corrected chi connectivity index (χ4v) is 1.97. The van der Waals surface area contributed by atoms with Gasteiger partial charge in [-0.05, 0) is 32.1 Å². The molecule has 2 rings (SSSR count). The highest BCUT2D eigenvalue weighted by molar-refractivity contribution is 5.66. The SMILES string of the molecule is CNCCCc1ncc(-c2ccc(OC)cc2OC)o1. The van der Waals surface area contributed by atoms with Crippen LogP contribution in [0.4, 0.5) is 0 Å². The van der Waals surface area contributed by atoms with Crippen LogP contribution in [0.25, 0.3) is 11.3 Å². The summed E-state index contributed by atoms with van der Waals surface area (Å²) in [5.41, 5.74) is 0.876. The van der Waals surface area contributed by atoms with Crippen molar-refractivity contribution in [1.82, 2.24) is 10.3 Å². The molecule has 20 heavy (non-hydrogen) atoms. The highest BCUT2D eigenvalue weighted by Gasteiger charge is 2.12. The second kappa shape index (κ2) is 6.96. The average Bonchev–Trinajstić information content (AvgIpc) is 2.95. The zero-order valence-corrected chi connectivity index (χ0v) is 12.1. The number of oxazole rings is 1. The van der Waals surface area contributed by atoms with Gasteiger partial charge < -0.3 is 19.2 Å². The first kappa shape index (κ1) is 14.4. The fraction of sp³-hybridized carbons (Fsp3) is 0.400. The summed E-state index contributed by atoms with van der Waals surface area (Å²) < 4.78 is 16.3. The van der Waals surface area contributed by atoms with Crippen molar-refractivity contribution < 1.29 is 13.9 Å². The predicted octanol–water partition coefficient (Wildman–Crippen LogP) is 2.51. The van der Waals surface area contributed by atoms with Crippen molar-refractivity contribution in [3.63, 3.8) is 0 Å². The quantitative estimate of drug-likeness (QED) is 0.787. The summed E-state index contributed by atoms with van der Waals surface area (Å²) in [5.74, 6) is 2.92. The molecule has 108 valence electrons. The van der Waals surface area contributed by atoms with Gasteiger partial charge in [-0.1, -0.05) is 0 Å². The number of ether oxygens (including phenoxy) is 2. The molecule has 0 amide bonds. The van der Waals surface area contributed by atoms with Gasteiger partial charge in [-0.25, -0.2) is 4.98 Å². The molecule has 0 saturated heterocycles. The van der Waals surface area contributed by atoms with E-state index in [1.165, 1.54) is 0 Å². The van der Waals surface area contributed by atoms with Crippen LogP contribution in [-0.2, 0) is 6.42 Å². The Morgan fingerprint density at radius 1 is 1.25 bits per heavy atom. The minimum Gasteiger partial charge on any atom is -0.497 e. The van der Waals surface area contributed by atoms with Crippen molar-refractivity contribution in [2.45, 2.75) is 12.8 Å². The van der Waals surface area contributed by atoms with Crippen molar-refractivity contribution in [3.05, 3.63) is 30.3 Å². The average molecular weight is 276 g/mol. The van der Waals surface area contributed by atoms with Gasteiger partial charge in [0.1, 0.15) is 11.5 Å². The molecule has 0 spiro atoms. The maximum atomic E-state index is 5.77. The molecule has 5 heteroatoms. The third kappa shape index (κ3) is 3.30. The third-order valence-electron chi connectivity index (χ3n) is 3.05. The first-order valence-electron chi connectivity index (χ1n) is 6.60. The number of benzene rings is 1. The van der Waals surface area contributed by atoms with E-state index in [9.17, 15) is 0 Å². The number of nitrogens with zero attached hydrogens (tertiary/aromatic N) is 1. The van der Waals surface area contributed by atoms with Crippen LogP contribution in [0.5, 0.6) is 11.5 Å². The van der Waals surface area contributed by atoms with E-state index in [1.54, 1.807) is 20.4 Å². The fourth-order valence-electron chi connectivity index (χ4n) is 1.97. The van der Waals surface area contributed by atoms with Gasteiger partial charge in [0.05, 0.1) is 26.0 Å². The first-order chi connectivity index (χ1) is 9.78. The van der Waals surface area contributed by atoms with Gasteiger partial charge in [0.25, 0.3) is 0 Å². The molecule has 0 fully saturated rings. The summed E-state index contributed by atoms with van der Waals surface area (Å²) in [6, 6.07) is 5.62. The molecule has 2 aromatic rings. The van der Waals surface area contributed by atoms with Crippen LogP contribution >= 0.6 is 0 Å². The van der Waals surface area contributed by atoms with Gasteiger partial charge in [0.15, 0.2) is 11.7 Å². The van der Waals surface area contributed by atoms with E-state index in [0.717, 1.165) is 36.6 Å². The smallest absolute Gasteiger partial charge is 0.194 e. The number of aromatic nitrogens is 1. The topological polar surface area (TPSA) is 56.5 Å². The van der Waals surface area contributed by atoms with Crippen molar-refractivity contribution in [3.8, 4) is 22.8 Å². The van der Waals surface area contributed by atoms with E-state index in [1.807, 2.05) is 25.2 Å². The van der Waals surface area contributed by atoms with Crippen LogP contribution in [0.15, 0.2) is 28.8 Å². The number of aryl methyl sites for hydroxylation is 1. The number of hydrogen-bond acceptors (Lipinski definition) is 5. The van der Waals surface area contributed by atoms with E-state index >= 15 is 0 Å². The van der Waals surface area contributed by atoms with Gasteiger partial charge in [-0.3, -0.25) is 0 Å². The lowest BCUT2D eigenvalue weighted by Gasteiger charge is -2.08. The molecule has 0 radical (unpaired) electrons. The zero-order valence-electron chi connectivity index (χ0n) is 12.1. The summed E-state index contributed by atoms with van der Waals surface area (Å²) in [6.45, 7) is 0.948. The normalized spacial score (nSPS) is 10.6. The van der Waals surface area contributed by atoms with Crippen LogP contribution in [0.3, 0.4) is 0 Å². The molecule has 0 aliphatic carbocycles. The first-order valence-corrected chi connectivity index (χ1v) is 6.60. The van der Waals surface area contributed by atoms with Gasteiger partial charge in [0.2, 0.25) is 0 Å². The summed E-state index contributed by atoms with van der Waals surface area (Å²) in [7, 11) is 5.19. The van der Waals surface area contributed by atoms with Crippen LogP contribution in [0.2, 0.25) is 0 Å². The third-order valence-corrected chi connectivity index (χ3v) is 3.05. The molecule has 1 aromatic carbocycles. The second-order valence-corrected chi connectivity index (χ2v) is 4.39. The monoisotopic (exact) mass is 276 g/mol. The number of hydrogen-bond donors (Lipinski definition) is 1. The molecule has 1 N–H and O–H groups in total. The Bertz CT molecular complexity index is 552. The molecule has 0 unspecified atom stereocenters. The van der Waals surface area contributed by atoms with E-state index in [0.29, 0.717) is 11.5 Å². The molecule has 0 atom stereocenters. The Morgan fingerprint density at radius 3 is 2.80 bits per heavy atom. The van der Waals surface area contributed by atoms with Gasteiger partial charge in [-0.15, -0.1) is 0 Å². The molecular formula is C15H20N2O3. The number of methoxy groups -OCH3 is 2. The highest BCUT2D eigenvalue weighted by Crippen LogP contribution is 2.33. The van der Waals surface area contributed by atoms with Crippen molar-refractivity contribution >= 4 is 0 Å². The Hall–Kier alpha value is -2.01. The minimum atomic E-state index is 0.710. The Kier molecular flexibility index (Phi) is 5.01. The van der Waals surface area contributed by atoms with E-state index < -0.39 is 0 Å². The number of nitrogens with one attached hydrogen (secondary N) is 1. The van der Waals surface area contributed by atoms with Crippen LogP contribution in [-0.4, -0.2) is 32.8 Å². The Morgan fingerprint density at radius 2 is 2.10 bits per heavy atom. The maximum Gasteiger partial charge on any atom is 0.194 e. The zero-order chi connectivity index (χ0) is 14.4. The van der Waals surface area contributed by atoms with Gasteiger partial charge >= 0.3 is 0 Å². The lowest BCUT2D eigenvalue weighted by atomic mass is 10.1. The van der Waals surface area contributed by atoms with Crippen LogP contribution in [0, 0.1) is 0 Å². The Labute approximate surface area is 118 Å². The molecule has 1 heterocycles. The van der Waals surface area contributed by atoms with Crippen molar-refractivity contribution in [2.75, 3.05) is 27.8 Å². The lowest BCUT2D eigenvalue weighted by Crippen LogP contribution is -2.08.